The van der Waals surface area contributed by atoms with Crippen LogP contribution in [0.4, 0.5) is 4.39 Å². The number of nitrogens with one attached hydrogen (secondary N) is 1. The Morgan fingerprint density at radius 1 is 1.47 bits per heavy atom. The predicted octanol–water partition coefficient (Wildman–Crippen LogP) is 0.751. The lowest BCUT2D eigenvalue weighted by Crippen LogP contribution is -2.34. The smallest absolute Gasteiger partial charge is 0.306 e. The molecule has 0 heterocycles. The summed E-state index contributed by atoms with van der Waals surface area (Å²) < 4.78 is 17.6. The third-order valence-electron chi connectivity index (χ3n) is 2.43. The first-order valence-corrected chi connectivity index (χ1v) is 5.45. The highest BCUT2D eigenvalue weighted by atomic mass is 19.1. The number of phenolic OH excluding ortho intramolecular Hbond substituents is 1. The van der Waals surface area contributed by atoms with Crippen LogP contribution in [-0.2, 0) is 9.53 Å². The average molecular weight is 271 g/mol. The van der Waals surface area contributed by atoms with E-state index in [4.69, 9.17) is 9.84 Å². The number of carbonyl (C=O) groups excluding carboxylic acids is 1. The van der Waals surface area contributed by atoms with E-state index in [0.717, 1.165) is 18.2 Å². The van der Waals surface area contributed by atoms with Crippen molar-refractivity contribution in [1.29, 1.82) is 0 Å². The summed E-state index contributed by atoms with van der Waals surface area (Å²) in [4.78, 5) is 22.2. The fourth-order valence-electron chi connectivity index (χ4n) is 1.43. The zero-order valence-electron chi connectivity index (χ0n) is 10.2. The summed E-state index contributed by atoms with van der Waals surface area (Å²) >= 11 is 0. The van der Waals surface area contributed by atoms with Gasteiger partial charge < -0.3 is 20.3 Å². The van der Waals surface area contributed by atoms with Crippen LogP contribution in [0.5, 0.6) is 5.75 Å². The van der Waals surface area contributed by atoms with Gasteiger partial charge in [0.25, 0.3) is 5.91 Å². The number of phenols is 1. The largest absolute Gasteiger partial charge is 0.507 e. The van der Waals surface area contributed by atoms with Crippen molar-refractivity contribution < 1.29 is 28.9 Å². The molecule has 0 radical (unpaired) electrons. The van der Waals surface area contributed by atoms with Crippen LogP contribution in [-0.4, -0.2) is 41.8 Å². The molecule has 0 aliphatic heterocycles. The summed E-state index contributed by atoms with van der Waals surface area (Å²) in [5.41, 5.74) is -0.0911. The molecule has 1 unspecified atom stereocenters. The van der Waals surface area contributed by atoms with Crippen LogP contribution in [0.25, 0.3) is 0 Å². The van der Waals surface area contributed by atoms with E-state index in [1.165, 1.54) is 7.11 Å². The summed E-state index contributed by atoms with van der Waals surface area (Å²) in [6.45, 7) is -0.0293. The van der Waals surface area contributed by atoms with Gasteiger partial charge in [0.05, 0.1) is 18.1 Å². The highest BCUT2D eigenvalue weighted by Gasteiger charge is 2.16. The molecular formula is C12H14FNO5. The number of carbonyl (C=O) groups is 2. The van der Waals surface area contributed by atoms with Crippen LogP contribution >= 0.6 is 0 Å². The van der Waals surface area contributed by atoms with Gasteiger partial charge in [-0.2, -0.15) is 0 Å². The van der Waals surface area contributed by atoms with Gasteiger partial charge in [0.15, 0.2) is 0 Å². The summed E-state index contributed by atoms with van der Waals surface area (Å²) in [5, 5.41) is 20.4. The average Bonchev–Trinajstić information content (AvgIpc) is 2.33. The number of rotatable bonds is 6. The normalized spacial score (nSPS) is 11.9. The molecule has 0 aromatic heterocycles. The minimum absolute atomic E-state index is 0.0293. The van der Waals surface area contributed by atoms with E-state index in [2.05, 4.69) is 5.32 Å². The highest BCUT2D eigenvalue weighted by molar-refractivity contribution is 5.96. The minimum Gasteiger partial charge on any atom is -0.507 e. The lowest BCUT2D eigenvalue weighted by Gasteiger charge is -2.14. The number of hydrogen-bond acceptors (Lipinski definition) is 4. The highest BCUT2D eigenvalue weighted by Crippen LogP contribution is 2.17. The molecule has 19 heavy (non-hydrogen) atoms. The molecule has 0 saturated heterocycles. The lowest BCUT2D eigenvalue weighted by molar-refractivity contribution is -0.139. The summed E-state index contributed by atoms with van der Waals surface area (Å²) in [6, 6.07) is 3.00. The molecule has 0 fully saturated rings. The van der Waals surface area contributed by atoms with Crippen LogP contribution in [0, 0.1) is 5.82 Å². The molecule has 1 amide bonds. The first-order valence-electron chi connectivity index (χ1n) is 5.45. The molecule has 0 bridgehead atoms. The number of methoxy groups -OCH3 is 1. The molecule has 1 rings (SSSR count). The first-order chi connectivity index (χ1) is 8.93. The molecule has 6 nitrogen and oxygen atoms in total. The molecule has 7 heteroatoms. The predicted molar refractivity (Wildman–Crippen MR) is 63.4 cm³/mol. The van der Waals surface area contributed by atoms with E-state index in [1.54, 1.807) is 0 Å². The molecule has 1 aromatic carbocycles. The number of aliphatic carboxylic acids is 1. The number of amides is 1. The summed E-state index contributed by atoms with van der Waals surface area (Å²) in [6.07, 6.45) is -0.935. The molecule has 104 valence electrons. The van der Waals surface area contributed by atoms with Crippen molar-refractivity contribution in [2.75, 3.05) is 13.7 Å². The Hall–Kier alpha value is -2.15. The fourth-order valence-corrected chi connectivity index (χ4v) is 1.43. The van der Waals surface area contributed by atoms with E-state index in [0.29, 0.717) is 0 Å². The molecule has 0 spiro atoms. The van der Waals surface area contributed by atoms with E-state index in [-0.39, 0.29) is 18.5 Å². The van der Waals surface area contributed by atoms with Crippen molar-refractivity contribution in [3.8, 4) is 5.75 Å². The van der Waals surface area contributed by atoms with Crippen LogP contribution < -0.4 is 5.32 Å². The Kier molecular flexibility index (Phi) is 5.25. The van der Waals surface area contributed by atoms with Crippen LogP contribution in [0.2, 0.25) is 0 Å². The van der Waals surface area contributed by atoms with Gasteiger partial charge in [-0.25, -0.2) is 4.39 Å². The molecule has 0 aliphatic carbocycles. The second-order valence-electron chi connectivity index (χ2n) is 3.83. The van der Waals surface area contributed by atoms with Gasteiger partial charge in [-0.05, 0) is 12.1 Å². The monoisotopic (exact) mass is 271 g/mol. The van der Waals surface area contributed by atoms with Gasteiger partial charge in [-0.15, -0.1) is 0 Å². The zero-order valence-corrected chi connectivity index (χ0v) is 10.2. The Bertz CT molecular complexity index is 477. The topological polar surface area (TPSA) is 95.9 Å². The van der Waals surface area contributed by atoms with Crippen molar-refractivity contribution in [3.63, 3.8) is 0 Å². The number of benzene rings is 1. The number of hydrogen-bond donors (Lipinski definition) is 3. The Morgan fingerprint density at radius 2 is 2.16 bits per heavy atom. The van der Waals surface area contributed by atoms with E-state index in [1.807, 2.05) is 0 Å². The molecule has 0 aliphatic rings. The van der Waals surface area contributed by atoms with Gasteiger partial charge in [0, 0.05) is 19.7 Å². The molecule has 0 saturated carbocycles. The second-order valence-corrected chi connectivity index (χ2v) is 3.83. The third-order valence-corrected chi connectivity index (χ3v) is 2.43. The summed E-state index contributed by atoms with van der Waals surface area (Å²) in [5.74, 6) is -2.82. The number of aromatic hydroxyl groups is 1. The van der Waals surface area contributed by atoms with Gasteiger partial charge in [0.2, 0.25) is 0 Å². The molecular weight excluding hydrogens is 257 g/mol. The van der Waals surface area contributed by atoms with Crippen molar-refractivity contribution in [3.05, 3.63) is 29.6 Å². The number of carboxylic acids is 1. The minimum atomic E-state index is -1.05. The number of ether oxygens (including phenoxy) is 1. The van der Waals surface area contributed by atoms with Gasteiger partial charge in [-0.3, -0.25) is 9.59 Å². The van der Waals surface area contributed by atoms with E-state index in [9.17, 15) is 19.1 Å². The van der Waals surface area contributed by atoms with Crippen molar-refractivity contribution >= 4 is 11.9 Å². The standard InChI is InChI=1S/C12H14FNO5/c1-19-8(5-11(16)17)6-14-12(18)9-3-2-7(13)4-10(9)15/h2-4,8,15H,5-6H2,1H3,(H,14,18)(H,16,17). The Balaban J connectivity index is 2.61. The van der Waals surface area contributed by atoms with Gasteiger partial charge in [-0.1, -0.05) is 0 Å². The van der Waals surface area contributed by atoms with Crippen LogP contribution in [0.1, 0.15) is 16.8 Å². The maximum atomic E-state index is 12.7. The maximum absolute atomic E-state index is 12.7. The van der Waals surface area contributed by atoms with Crippen molar-refractivity contribution in [1.82, 2.24) is 5.32 Å². The Morgan fingerprint density at radius 3 is 2.68 bits per heavy atom. The number of carboxylic acid groups (broad SMARTS) is 1. The lowest BCUT2D eigenvalue weighted by atomic mass is 10.1. The maximum Gasteiger partial charge on any atom is 0.306 e. The van der Waals surface area contributed by atoms with Crippen LogP contribution in [0.15, 0.2) is 18.2 Å². The van der Waals surface area contributed by atoms with E-state index >= 15 is 0 Å². The quantitative estimate of drug-likeness (QED) is 0.709. The zero-order chi connectivity index (χ0) is 14.4. The first kappa shape index (κ1) is 14.9. The van der Waals surface area contributed by atoms with Crippen molar-refractivity contribution in [2.24, 2.45) is 0 Å². The van der Waals surface area contributed by atoms with Gasteiger partial charge in [0.1, 0.15) is 11.6 Å². The SMILES string of the molecule is COC(CNC(=O)c1ccc(F)cc1O)CC(=O)O. The second kappa shape index (κ2) is 6.69. The fraction of sp³-hybridized carbons (Fsp3) is 0.333. The molecule has 1 aromatic rings. The Labute approximate surface area is 108 Å². The third kappa shape index (κ3) is 4.55. The molecule has 3 N–H and O–H groups in total. The number of halogens is 1. The van der Waals surface area contributed by atoms with Crippen LogP contribution in [0.3, 0.4) is 0 Å². The summed E-state index contributed by atoms with van der Waals surface area (Å²) in [7, 11) is 1.33. The van der Waals surface area contributed by atoms with Gasteiger partial charge >= 0.3 is 5.97 Å². The van der Waals surface area contributed by atoms with E-state index < -0.39 is 29.5 Å². The van der Waals surface area contributed by atoms with Crippen molar-refractivity contribution in [2.45, 2.75) is 12.5 Å². The molecule has 1 atom stereocenters.